The summed E-state index contributed by atoms with van der Waals surface area (Å²) in [6, 6.07) is 4.11. The topological polar surface area (TPSA) is 56.7 Å². The maximum atomic E-state index is 10.5. The van der Waals surface area contributed by atoms with Crippen LogP contribution in [-0.2, 0) is 11.3 Å². The van der Waals surface area contributed by atoms with E-state index in [1.54, 1.807) is 0 Å². The normalized spacial score (nSPS) is 17.5. The molecule has 1 N–H and O–H groups in total. The lowest BCUT2D eigenvalue weighted by molar-refractivity contribution is -0.137. The Morgan fingerprint density at radius 3 is 2.42 bits per heavy atom. The summed E-state index contributed by atoms with van der Waals surface area (Å²) in [5.41, 5.74) is 1.30. The van der Waals surface area contributed by atoms with Crippen LogP contribution in [0.3, 0.4) is 0 Å². The van der Waals surface area contributed by atoms with Crippen LogP contribution in [0.1, 0.15) is 18.4 Å². The molecule has 1 aliphatic heterocycles. The first kappa shape index (κ1) is 14.0. The second-order valence-corrected chi connectivity index (χ2v) is 4.97. The molecule has 1 fully saturated rings. The standard InChI is InChI=1S/C14H21N3O2/c18-14(19)2-1-7-16-8-10-17(11-9-16)12-13-3-5-15-6-4-13/h3-6H,1-2,7-12H2,(H,18,19). The number of rotatable bonds is 6. The Labute approximate surface area is 113 Å². The van der Waals surface area contributed by atoms with Gasteiger partial charge >= 0.3 is 5.97 Å². The van der Waals surface area contributed by atoms with E-state index in [2.05, 4.69) is 26.9 Å². The third-order valence-electron chi connectivity index (χ3n) is 3.49. The van der Waals surface area contributed by atoms with Crippen molar-refractivity contribution in [1.82, 2.24) is 14.8 Å². The highest BCUT2D eigenvalue weighted by Gasteiger charge is 2.16. The predicted octanol–water partition coefficient (Wildman–Crippen LogP) is 1.06. The van der Waals surface area contributed by atoms with Crippen molar-refractivity contribution >= 4 is 5.97 Å². The van der Waals surface area contributed by atoms with E-state index in [0.29, 0.717) is 0 Å². The minimum Gasteiger partial charge on any atom is -0.481 e. The SMILES string of the molecule is O=C(O)CCCN1CCN(Cc2ccncc2)CC1. The fraction of sp³-hybridized carbons (Fsp3) is 0.571. The molecule has 2 heterocycles. The van der Waals surface area contributed by atoms with Crippen molar-refractivity contribution < 1.29 is 9.90 Å². The third-order valence-corrected chi connectivity index (χ3v) is 3.49. The molecule has 0 radical (unpaired) electrons. The molecule has 1 saturated heterocycles. The zero-order valence-corrected chi connectivity index (χ0v) is 11.2. The average Bonchev–Trinajstić information content (AvgIpc) is 2.42. The Hall–Kier alpha value is -1.46. The number of aromatic nitrogens is 1. The van der Waals surface area contributed by atoms with Gasteiger partial charge in [-0.25, -0.2) is 0 Å². The molecule has 0 saturated carbocycles. The van der Waals surface area contributed by atoms with Gasteiger partial charge in [-0.3, -0.25) is 14.7 Å². The number of carboxylic acid groups (broad SMARTS) is 1. The largest absolute Gasteiger partial charge is 0.481 e. The summed E-state index contributed by atoms with van der Waals surface area (Å²) in [6.07, 6.45) is 4.69. The van der Waals surface area contributed by atoms with Crippen LogP contribution >= 0.6 is 0 Å². The van der Waals surface area contributed by atoms with Crippen LogP contribution in [0.4, 0.5) is 0 Å². The Bertz CT molecular complexity index is 389. The monoisotopic (exact) mass is 263 g/mol. The molecule has 0 aliphatic carbocycles. The van der Waals surface area contributed by atoms with Crippen LogP contribution in [0, 0.1) is 0 Å². The van der Waals surface area contributed by atoms with E-state index < -0.39 is 5.97 Å². The molecule has 2 rings (SSSR count). The van der Waals surface area contributed by atoms with Gasteiger partial charge in [0.25, 0.3) is 0 Å². The van der Waals surface area contributed by atoms with E-state index in [9.17, 15) is 4.79 Å². The van der Waals surface area contributed by atoms with E-state index in [4.69, 9.17) is 5.11 Å². The summed E-state index contributed by atoms with van der Waals surface area (Å²) in [5, 5.41) is 8.62. The second-order valence-electron chi connectivity index (χ2n) is 4.97. The molecule has 5 nitrogen and oxygen atoms in total. The van der Waals surface area contributed by atoms with Gasteiger partial charge in [-0.05, 0) is 30.7 Å². The number of aliphatic carboxylic acids is 1. The van der Waals surface area contributed by atoms with Gasteiger partial charge in [0, 0.05) is 51.5 Å². The first-order valence-electron chi connectivity index (χ1n) is 6.79. The summed E-state index contributed by atoms with van der Waals surface area (Å²) in [7, 11) is 0. The third kappa shape index (κ3) is 4.96. The number of carbonyl (C=O) groups is 1. The molecule has 1 aromatic rings. The maximum absolute atomic E-state index is 10.5. The van der Waals surface area contributed by atoms with Crippen LogP contribution in [0.2, 0.25) is 0 Å². The van der Waals surface area contributed by atoms with Crippen molar-refractivity contribution in [2.75, 3.05) is 32.7 Å². The maximum Gasteiger partial charge on any atom is 0.303 e. The predicted molar refractivity (Wildman–Crippen MR) is 72.8 cm³/mol. The molecule has 0 aromatic carbocycles. The number of nitrogens with zero attached hydrogens (tertiary/aromatic N) is 3. The van der Waals surface area contributed by atoms with Crippen molar-refractivity contribution in [3.8, 4) is 0 Å². The number of pyridine rings is 1. The van der Waals surface area contributed by atoms with Gasteiger partial charge in [0.05, 0.1) is 0 Å². The van der Waals surface area contributed by atoms with Gasteiger partial charge in [0.15, 0.2) is 0 Å². The van der Waals surface area contributed by atoms with Crippen LogP contribution in [0.25, 0.3) is 0 Å². The number of hydrogen-bond acceptors (Lipinski definition) is 4. The molecule has 0 spiro atoms. The first-order chi connectivity index (χ1) is 9.24. The summed E-state index contributed by atoms with van der Waals surface area (Å²) in [6.45, 7) is 6.04. The van der Waals surface area contributed by atoms with Crippen molar-refractivity contribution in [2.24, 2.45) is 0 Å². The second kappa shape index (κ2) is 7.21. The Kier molecular flexibility index (Phi) is 5.30. The number of carboxylic acids is 1. The molecule has 1 aromatic heterocycles. The smallest absolute Gasteiger partial charge is 0.303 e. The van der Waals surface area contributed by atoms with Crippen LogP contribution in [0.5, 0.6) is 0 Å². The fourth-order valence-corrected chi connectivity index (χ4v) is 2.37. The van der Waals surface area contributed by atoms with Gasteiger partial charge in [-0.2, -0.15) is 0 Å². The van der Waals surface area contributed by atoms with Crippen LogP contribution in [0.15, 0.2) is 24.5 Å². The Morgan fingerprint density at radius 1 is 1.16 bits per heavy atom. The van der Waals surface area contributed by atoms with Crippen molar-refractivity contribution in [2.45, 2.75) is 19.4 Å². The van der Waals surface area contributed by atoms with Crippen molar-refractivity contribution in [1.29, 1.82) is 0 Å². The molecule has 1 aliphatic rings. The molecule has 5 heteroatoms. The summed E-state index contributed by atoms with van der Waals surface area (Å²) >= 11 is 0. The van der Waals surface area contributed by atoms with Gasteiger partial charge in [-0.1, -0.05) is 0 Å². The Morgan fingerprint density at radius 2 is 1.79 bits per heavy atom. The number of hydrogen-bond donors (Lipinski definition) is 1. The molecule has 0 amide bonds. The van der Waals surface area contributed by atoms with Gasteiger partial charge < -0.3 is 10.0 Å². The zero-order valence-electron chi connectivity index (χ0n) is 11.2. The van der Waals surface area contributed by atoms with E-state index in [-0.39, 0.29) is 6.42 Å². The molecular formula is C14H21N3O2. The van der Waals surface area contributed by atoms with Crippen molar-refractivity contribution in [3.05, 3.63) is 30.1 Å². The van der Waals surface area contributed by atoms with E-state index in [0.717, 1.165) is 45.7 Å². The minimum atomic E-state index is -0.698. The molecular weight excluding hydrogens is 242 g/mol. The highest BCUT2D eigenvalue weighted by atomic mass is 16.4. The van der Waals surface area contributed by atoms with Gasteiger partial charge in [-0.15, -0.1) is 0 Å². The van der Waals surface area contributed by atoms with Gasteiger partial charge in [0.1, 0.15) is 0 Å². The van der Waals surface area contributed by atoms with Gasteiger partial charge in [0.2, 0.25) is 0 Å². The molecule has 0 unspecified atom stereocenters. The summed E-state index contributed by atoms with van der Waals surface area (Å²) in [5.74, 6) is -0.698. The number of piperazine rings is 1. The van der Waals surface area contributed by atoms with Crippen LogP contribution in [-0.4, -0.2) is 58.6 Å². The van der Waals surface area contributed by atoms with E-state index in [1.807, 2.05) is 12.4 Å². The lowest BCUT2D eigenvalue weighted by Gasteiger charge is -2.34. The van der Waals surface area contributed by atoms with E-state index in [1.165, 1.54) is 5.56 Å². The fourth-order valence-electron chi connectivity index (χ4n) is 2.37. The lowest BCUT2D eigenvalue weighted by atomic mass is 10.2. The zero-order chi connectivity index (χ0) is 13.5. The van der Waals surface area contributed by atoms with Crippen LogP contribution < -0.4 is 0 Å². The average molecular weight is 263 g/mol. The molecule has 0 atom stereocenters. The summed E-state index contributed by atoms with van der Waals surface area (Å²) in [4.78, 5) is 19.3. The molecule has 104 valence electrons. The quantitative estimate of drug-likeness (QED) is 0.832. The highest BCUT2D eigenvalue weighted by molar-refractivity contribution is 5.66. The highest BCUT2D eigenvalue weighted by Crippen LogP contribution is 2.08. The van der Waals surface area contributed by atoms with E-state index >= 15 is 0 Å². The minimum absolute atomic E-state index is 0.275. The summed E-state index contributed by atoms with van der Waals surface area (Å²) < 4.78 is 0. The lowest BCUT2D eigenvalue weighted by Crippen LogP contribution is -2.46. The molecule has 19 heavy (non-hydrogen) atoms. The Balaban J connectivity index is 1.66. The van der Waals surface area contributed by atoms with Crippen molar-refractivity contribution in [3.63, 3.8) is 0 Å². The molecule has 0 bridgehead atoms. The first-order valence-corrected chi connectivity index (χ1v) is 6.79.